The summed E-state index contributed by atoms with van der Waals surface area (Å²) in [5, 5.41) is 10.1. The van der Waals surface area contributed by atoms with Crippen molar-refractivity contribution in [3.05, 3.63) is 83.5 Å². The van der Waals surface area contributed by atoms with E-state index in [-0.39, 0.29) is 17.3 Å². The van der Waals surface area contributed by atoms with Crippen LogP contribution in [0.1, 0.15) is 29.3 Å². The Hall–Kier alpha value is -3.51. The molecule has 4 rings (SSSR count). The Kier molecular flexibility index (Phi) is 5.59. The topological polar surface area (TPSA) is 75.9 Å². The van der Waals surface area contributed by atoms with Crippen molar-refractivity contribution in [2.75, 3.05) is 0 Å². The van der Waals surface area contributed by atoms with Crippen molar-refractivity contribution >= 4 is 49.5 Å². The molecule has 1 aliphatic rings. The predicted octanol–water partition coefficient (Wildman–Crippen LogP) is 6.09. The van der Waals surface area contributed by atoms with Crippen molar-refractivity contribution in [3.63, 3.8) is 0 Å². The van der Waals surface area contributed by atoms with Crippen LogP contribution < -0.4 is 0 Å². The van der Waals surface area contributed by atoms with Crippen LogP contribution in [0.15, 0.2) is 82.6 Å². The number of hydrogen-bond donors (Lipinski definition) is 0. The summed E-state index contributed by atoms with van der Waals surface area (Å²) < 4.78 is 1.01. The van der Waals surface area contributed by atoms with E-state index in [4.69, 9.17) is 0 Å². The molecule has 0 saturated carbocycles. The van der Waals surface area contributed by atoms with Gasteiger partial charge in [-0.2, -0.15) is 0 Å². The van der Waals surface area contributed by atoms with E-state index in [0.29, 0.717) is 34.7 Å². The van der Waals surface area contributed by atoms with E-state index in [1.807, 2.05) is 48.5 Å². The van der Waals surface area contributed by atoms with Gasteiger partial charge < -0.3 is 0 Å². The van der Waals surface area contributed by atoms with Gasteiger partial charge in [-0.25, -0.2) is 0 Å². The lowest BCUT2D eigenvalue weighted by Crippen LogP contribution is -2.08. The fourth-order valence-corrected chi connectivity index (χ4v) is 4.38. The average molecular weight is 414 g/mol. The number of Topliss-reactive ketones (excluding diaryl/α,β-unsaturated/α-hetero) is 1. The Morgan fingerprint density at radius 1 is 0.933 bits per heavy atom. The van der Waals surface area contributed by atoms with Crippen LogP contribution in [0.3, 0.4) is 0 Å². The molecule has 0 N–H and O–H groups in total. The highest BCUT2D eigenvalue weighted by Crippen LogP contribution is 2.38. The highest BCUT2D eigenvalue weighted by Gasteiger charge is 2.15. The lowest BCUT2D eigenvalue weighted by Gasteiger charge is -2.07. The van der Waals surface area contributed by atoms with E-state index < -0.39 is 0 Å². The summed E-state index contributed by atoms with van der Waals surface area (Å²) in [6.45, 7) is 1.54. The number of azo groups is 1. The monoisotopic (exact) mass is 414 g/mol. The zero-order valence-electron chi connectivity index (χ0n) is 16.3. The highest BCUT2D eigenvalue weighted by atomic mass is 32.1. The molecule has 0 atom stereocenters. The SMILES string of the molecule is CC(=O)c1c(N=Nc2ccc(CCC3=CC(=O)C=CC3=O)cc2)sc2ccccc12. The Morgan fingerprint density at radius 3 is 2.47 bits per heavy atom. The zero-order valence-corrected chi connectivity index (χ0v) is 17.1. The Morgan fingerprint density at radius 2 is 1.70 bits per heavy atom. The van der Waals surface area contributed by atoms with Crippen molar-refractivity contribution in [1.29, 1.82) is 0 Å². The molecule has 0 spiro atoms. The van der Waals surface area contributed by atoms with Crippen LogP contribution in [-0.2, 0) is 16.0 Å². The lowest BCUT2D eigenvalue weighted by atomic mass is 9.97. The second kappa shape index (κ2) is 8.47. The smallest absolute Gasteiger partial charge is 0.182 e. The third-order valence-corrected chi connectivity index (χ3v) is 5.89. The maximum Gasteiger partial charge on any atom is 0.182 e. The van der Waals surface area contributed by atoms with Crippen molar-refractivity contribution in [2.45, 2.75) is 19.8 Å². The number of thiophene rings is 1. The summed E-state index contributed by atoms with van der Waals surface area (Å²) in [6.07, 6.45) is 5.19. The first-order chi connectivity index (χ1) is 14.5. The molecule has 30 heavy (non-hydrogen) atoms. The maximum atomic E-state index is 12.1. The number of hydrogen-bond acceptors (Lipinski definition) is 6. The van der Waals surface area contributed by atoms with Gasteiger partial charge in [0.05, 0.1) is 11.3 Å². The van der Waals surface area contributed by atoms with Gasteiger partial charge in [0.2, 0.25) is 0 Å². The molecule has 0 amide bonds. The molecule has 0 unspecified atom stereocenters. The quantitative estimate of drug-likeness (QED) is 0.278. The molecule has 0 aliphatic heterocycles. The third-order valence-electron chi connectivity index (χ3n) is 4.84. The number of aryl methyl sites for hydroxylation is 1. The summed E-state index contributed by atoms with van der Waals surface area (Å²) in [7, 11) is 0. The van der Waals surface area contributed by atoms with Gasteiger partial charge >= 0.3 is 0 Å². The molecule has 6 heteroatoms. The molecule has 1 aromatic heterocycles. The minimum Gasteiger partial charge on any atom is -0.294 e. The van der Waals surface area contributed by atoms with Gasteiger partial charge in [0.15, 0.2) is 22.4 Å². The third kappa shape index (κ3) is 4.23. The van der Waals surface area contributed by atoms with Crippen LogP contribution in [0, 0.1) is 0 Å². The number of carbonyl (C=O) groups excluding carboxylic acids is 3. The number of rotatable bonds is 6. The molecule has 1 heterocycles. The predicted molar refractivity (Wildman–Crippen MR) is 118 cm³/mol. The number of carbonyl (C=O) groups is 3. The van der Waals surface area contributed by atoms with Crippen molar-refractivity contribution in [3.8, 4) is 0 Å². The van der Waals surface area contributed by atoms with Gasteiger partial charge in [0, 0.05) is 15.7 Å². The van der Waals surface area contributed by atoms with E-state index >= 15 is 0 Å². The number of allylic oxidation sites excluding steroid dienone is 4. The van der Waals surface area contributed by atoms with E-state index in [0.717, 1.165) is 15.6 Å². The number of nitrogens with zero attached hydrogens (tertiary/aromatic N) is 2. The minimum atomic E-state index is -0.147. The average Bonchev–Trinajstić information content (AvgIpc) is 3.12. The summed E-state index contributed by atoms with van der Waals surface area (Å²) in [4.78, 5) is 35.3. The lowest BCUT2D eigenvalue weighted by molar-refractivity contribution is -0.114. The van der Waals surface area contributed by atoms with Gasteiger partial charge in [0.25, 0.3) is 0 Å². The van der Waals surface area contributed by atoms with E-state index in [1.54, 1.807) is 0 Å². The number of benzene rings is 2. The standard InChI is InChI=1S/C24H18N2O3S/c1-15(27)23-20-4-2-3-5-22(20)30-24(23)26-25-18-10-7-16(8-11-18)6-9-17-14-19(28)12-13-21(17)29/h2-5,7-8,10-14H,6,9H2,1H3. The van der Waals surface area contributed by atoms with Gasteiger partial charge in [0.1, 0.15) is 0 Å². The molecule has 0 radical (unpaired) electrons. The van der Waals surface area contributed by atoms with Crippen molar-refractivity contribution in [1.82, 2.24) is 0 Å². The Labute approximate surface area is 177 Å². The molecule has 0 saturated heterocycles. The summed E-state index contributed by atoms with van der Waals surface area (Å²) in [5.41, 5.74) is 2.85. The van der Waals surface area contributed by atoms with Crippen molar-refractivity contribution < 1.29 is 14.4 Å². The molecule has 0 bridgehead atoms. The fraction of sp³-hybridized carbons (Fsp3) is 0.125. The second-order valence-corrected chi connectivity index (χ2v) is 8.00. The van der Waals surface area contributed by atoms with Crippen LogP contribution in [0.2, 0.25) is 0 Å². The summed E-state index contributed by atoms with van der Waals surface area (Å²) in [5.74, 6) is -0.284. The first-order valence-electron chi connectivity index (χ1n) is 9.51. The van der Waals surface area contributed by atoms with Crippen molar-refractivity contribution in [2.24, 2.45) is 10.2 Å². The molecule has 2 aromatic carbocycles. The fourth-order valence-electron chi connectivity index (χ4n) is 3.31. The zero-order chi connectivity index (χ0) is 21.1. The molecule has 1 aliphatic carbocycles. The largest absolute Gasteiger partial charge is 0.294 e. The van der Waals surface area contributed by atoms with Gasteiger partial charge in [-0.05, 0) is 61.8 Å². The van der Waals surface area contributed by atoms with Gasteiger partial charge in [-0.3, -0.25) is 14.4 Å². The summed E-state index contributed by atoms with van der Waals surface area (Å²) >= 11 is 1.45. The number of ketones is 3. The van der Waals surface area contributed by atoms with E-state index in [1.165, 1.54) is 36.5 Å². The highest BCUT2D eigenvalue weighted by molar-refractivity contribution is 7.23. The molecular weight excluding hydrogens is 396 g/mol. The van der Waals surface area contributed by atoms with Gasteiger partial charge in [-0.1, -0.05) is 30.3 Å². The second-order valence-electron chi connectivity index (χ2n) is 6.97. The van der Waals surface area contributed by atoms with Crippen LogP contribution in [0.5, 0.6) is 0 Å². The van der Waals surface area contributed by atoms with E-state index in [2.05, 4.69) is 10.2 Å². The van der Waals surface area contributed by atoms with Crippen LogP contribution >= 0.6 is 11.3 Å². The van der Waals surface area contributed by atoms with Gasteiger partial charge in [-0.15, -0.1) is 21.6 Å². The first-order valence-corrected chi connectivity index (χ1v) is 10.3. The first kappa shape index (κ1) is 19.8. The molecule has 3 aromatic rings. The number of fused-ring (bicyclic) bond motifs is 1. The van der Waals surface area contributed by atoms with E-state index in [9.17, 15) is 14.4 Å². The molecule has 0 fully saturated rings. The molecular formula is C24H18N2O3S. The normalized spacial score (nSPS) is 14.0. The maximum absolute atomic E-state index is 12.1. The summed E-state index contributed by atoms with van der Waals surface area (Å²) in [6, 6.07) is 15.3. The van der Waals surface area contributed by atoms with Crippen LogP contribution in [0.25, 0.3) is 10.1 Å². The molecule has 148 valence electrons. The van der Waals surface area contributed by atoms with Crippen LogP contribution in [-0.4, -0.2) is 17.3 Å². The minimum absolute atomic E-state index is 0.0309. The Balaban J connectivity index is 1.48. The van der Waals surface area contributed by atoms with Crippen LogP contribution in [0.4, 0.5) is 10.7 Å². The molecule has 5 nitrogen and oxygen atoms in total. The Bertz CT molecular complexity index is 1250.